The SMILES string of the molecule is C=CCn1c(=NC(=O)c2ccc(NS(=O)(=O)c3ccc(OC)cc3)cc2)sc2cc(C(C)C)ccc21. The Balaban J connectivity index is 1.59. The fourth-order valence-corrected chi connectivity index (χ4v) is 5.79. The molecule has 3 aromatic carbocycles. The molecule has 1 amide bonds. The van der Waals surface area contributed by atoms with Gasteiger partial charge in [0, 0.05) is 17.8 Å². The summed E-state index contributed by atoms with van der Waals surface area (Å²) in [4.78, 5) is 18.0. The minimum Gasteiger partial charge on any atom is -0.497 e. The summed E-state index contributed by atoms with van der Waals surface area (Å²) < 4.78 is 35.9. The molecule has 1 aromatic heterocycles. The molecule has 0 spiro atoms. The van der Waals surface area contributed by atoms with Crippen LogP contribution in [0.25, 0.3) is 10.2 Å². The third-order valence-corrected chi connectivity index (χ3v) is 8.07. The van der Waals surface area contributed by atoms with Gasteiger partial charge >= 0.3 is 0 Å². The van der Waals surface area contributed by atoms with Gasteiger partial charge < -0.3 is 9.30 Å². The summed E-state index contributed by atoms with van der Waals surface area (Å²) in [7, 11) is -2.27. The molecule has 0 aliphatic carbocycles. The summed E-state index contributed by atoms with van der Waals surface area (Å²) in [6, 6.07) is 18.6. The summed E-state index contributed by atoms with van der Waals surface area (Å²) in [6.45, 7) is 8.64. The van der Waals surface area contributed by atoms with Crippen molar-refractivity contribution >= 4 is 43.2 Å². The number of hydrogen-bond acceptors (Lipinski definition) is 5. The van der Waals surface area contributed by atoms with Crippen molar-refractivity contribution in [1.29, 1.82) is 0 Å². The van der Waals surface area contributed by atoms with Crippen LogP contribution in [-0.4, -0.2) is 26.0 Å². The maximum atomic E-state index is 13.0. The molecule has 0 saturated carbocycles. The van der Waals surface area contributed by atoms with Crippen LogP contribution in [-0.2, 0) is 16.6 Å². The van der Waals surface area contributed by atoms with Crippen LogP contribution in [0.2, 0.25) is 0 Å². The molecule has 36 heavy (non-hydrogen) atoms. The van der Waals surface area contributed by atoms with Gasteiger partial charge in [0.25, 0.3) is 15.9 Å². The normalized spacial score (nSPS) is 12.2. The van der Waals surface area contributed by atoms with Gasteiger partial charge in [0.15, 0.2) is 4.80 Å². The van der Waals surface area contributed by atoms with Crippen molar-refractivity contribution in [3.8, 4) is 5.75 Å². The number of carbonyl (C=O) groups is 1. The van der Waals surface area contributed by atoms with Crippen LogP contribution < -0.4 is 14.3 Å². The van der Waals surface area contributed by atoms with E-state index in [1.807, 2.05) is 4.57 Å². The van der Waals surface area contributed by atoms with Gasteiger partial charge in [-0.3, -0.25) is 9.52 Å². The van der Waals surface area contributed by atoms with Crippen LogP contribution >= 0.6 is 11.3 Å². The van der Waals surface area contributed by atoms with Gasteiger partial charge in [0.1, 0.15) is 5.75 Å². The topological polar surface area (TPSA) is 89.8 Å². The molecule has 4 rings (SSSR count). The van der Waals surface area contributed by atoms with Crippen molar-refractivity contribution in [1.82, 2.24) is 4.57 Å². The highest BCUT2D eigenvalue weighted by molar-refractivity contribution is 7.92. The second kappa shape index (κ2) is 10.5. The predicted octanol–water partition coefficient (Wildman–Crippen LogP) is 5.56. The van der Waals surface area contributed by atoms with Gasteiger partial charge in [-0.15, -0.1) is 6.58 Å². The largest absolute Gasteiger partial charge is 0.497 e. The van der Waals surface area contributed by atoms with E-state index in [9.17, 15) is 13.2 Å². The average Bonchev–Trinajstić information content (AvgIpc) is 3.20. The summed E-state index contributed by atoms with van der Waals surface area (Å²) in [6.07, 6.45) is 1.77. The third kappa shape index (κ3) is 5.42. The first-order valence-corrected chi connectivity index (χ1v) is 13.6. The highest BCUT2D eigenvalue weighted by Crippen LogP contribution is 2.24. The number of carbonyl (C=O) groups excluding carboxylic acids is 1. The Morgan fingerprint density at radius 1 is 1.11 bits per heavy atom. The van der Waals surface area contributed by atoms with Crippen molar-refractivity contribution in [2.75, 3.05) is 11.8 Å². The van der Waals surface area contributed by atoms with Crippen molar-refractivity contribution in [2.45, 2.75) is 31.2 Å². The van der Waals surface area contributed by atoms with Gasteiger partial charge in [-0.05, 0) is 72.1 Å². The lowest BCUT2D eigenvalue weighted by molar-refractivity contribution is 0.0998. The number of ether oxygens (including phenoxy) is 1. The molecular weight excluding hydrogens is 494 g/mol. The molecule has 0 aliphatic rings. The number of methoxy groups -OCH3 is 1. The van der Waals surface area contributed by atoms with E-state index in [2.05, 4.69) is 48.3 Å². The van der Waals surface area contributed by atoms with Crippen LogP contribution in [0, 0.1) is 0 Å². The Labute approximate surface area is 214 Å². The number of anilines is 1. The standard InChI is InChI=1S/C27H27N3O4S2/c1-5-16-30-24-15-8-20(18(2)3)17-25(24)35-27(30)28-26(31)19-6-9-21(10-7-19)29-36(32,33)23-13-11-22(34-4)12-14-23/h5-15,17-18,29H,1,16H2,2-4H3. The monoisotopic (exact) mass is 521 g/mol. The lowest BCUT2D eigenvalue weighted by atomic mass is 10.0. The van der Waals surface area contributed by atoms with Gasteiger partial charge in [0.05, 0.1) is 22.2 Å². The van der Waals surface area contributed by atoms with Crippen LogP contribution in [0.4, 0.5) is 5.69 Å². The van der Waals surface area contributed by atoms with Crippen LogP contribution in [0.5, 0.6) is 5.75 Å². The van der Waals surface area contributed by atoms with Gasteiger partial charge in [-0.1, -0.05) is 37.3 Å². The van der Waals surface area contributed by atoms with E-state index in [-0.39, 0.29) is 4.90 Å². The molecule has 0 fully saturated rings. The molecule has 1 N–H and O–H groups in total. The number of amides is 1. The molecule has 0 bridgehead atoms. The summed E-state index contributed by atoms with van der Waals surface area (Å²) in [5, 5.41) is 0. The zero-order chi connectivity index (χ0) is 25.9. The second-order valence-corrected chi connectivity index (χ2v) is 11.1. The lowest BCUT2D eigenvalue weighted by Gasteiger charge is -2.09. The maximum absolute atomic E-state index is 13.0. The molecule has 1 heterocycles. The predicted molar refractivity (Wildman–Crippen MR) is 144 cm³/mol. The maximum Gasteiger partial charge on any atom is 0.279 e. The zero-order valence-electron chi connectivity index (χ0n) is 20.3. The number of hydrogen-bond donors (Lipinski definition) is 1. The minimum absolute atomic E-state index is 0.107. The molecule has 186 valence electrons. The number of fused-ring (bicyclic) bond motifs is 1. The quantitative estimate of drug-likeness (QED) is 0.307. The van der Waals surface area contributed by atoms with E-state index >= 15 is 0 Å². The summed E-state index contributed by atoms with van der Waals surface area (Å²) in [5.74, 6) is 0.550. The van der Waals surface area contributed by atoms with Crippen molar-refractivity contribution in [3.63, 3.8) is 0 Å². The molecule has 9 heteroatoms. The Kier molecular flexibility index (Phi) is 7.42. The Bertz CT molecular complexity index is 1580. The van der Waals surface area contributed by atoms with Gasteiger partial charge in [0.2, 0.25) is 0 Å². The van der Waals surface area contributed by atoms with E-state index in [0.29, 0.717) is 34.3 Å². The Hall–Kier alpha value is -3.69. The van der Waals surface area contributed by atoms with E-state index in [1.54, 1.807) is 42.5 Å². The number of rotatable bonds is 8. The lowest BCUT2D eigenvalue weighted by Crippen LogP contribution is -2.16. The molecule has 0 saturated heterocycles. The molecule has 0 radical (unpaired) electrons. The molecule has 0 unspecified atom stereocenters. The molecule has 0 aliphatic heterocycles. The third-order valence-electron chi connectivity index (χ3n) is 5.64. The Morgan fingerprint density at radius 2 is 1.81 bits per heavy atom. The van der Waals surface area contributed by atoms with E-state index < -0.39 is 15.9 Å². The highest BCUT2D eigenvalue weighted by Gasteiger charge is 2.15. The molecule has 4 aromatic rings. The van der Waals surface area contributed by atoms with Crippen molar-refractivity contribution in [2.24, 2.45) is 4.99 Å². The smallest absolute Gasteiger partial charge is 0.279 e. The molecule has 0 atom stereocenters. The van der Waals surface area contributed by atoms with Crippen molar-refractivity contribution < 1.29 is 17.9 Å². The molecular formula is C27H27N3O4S2. The number of thiazole rings is 1. The zero-order valence-corrected chi connectivity index (χ0v) is 21.9. The first kappa shape index (κ1) is 25.4. The number of sulfonamides is 1. The first-order chi connectivity index (χ1) is 17.2. The van der Waals surface area contributed by atoms with Gasteiger partial charge in [-0.2, -0.15) is 4.99 Å². The fourth-order valence-electron chi connectivity index (χ4n) is 3.64. The number of benzene rings is 3. The average molecular weight is 522 g/mol. The number of aromatic nitrogens is 1. The fraction of sp³-hybridized carbons (Fsp3) is 0.185. The second-order valence-electron chi connectivity index (χ2n) is 8.44. The summed E-state index contributed by atoms with van der Waals surface area (Å²) in [5.41, 5.74) is 2.92. The summed E-state index contributed by atoms with van der Waals surface area (Å²) >= 11 is 1.46. The van der Waals surface area contributed by atoms with Gasteiger partial charge in [-0.25, -0.2) is 8.42 Å². The van der Waals surface area contributed by atoms with E-state index in [0.717, 1.165) is 10.2 Å². The highest BCUT2D eigenvalue weighted by atomic mass is 32.2. The van der Waals surface area contributed by atoms with E-state index in [1.165, 1.54) is 36.1 Å². The number of nitrogens with zero attached hydrogens (tertiary/aromatic N) is 2. The van der Waals surface area contributed by atoms with Crippen LogP contribution in [0.15, 0.2) is 89.3 Å². The Morgan fingerprint density at radius 3 is 2.42 bits per heavy atom. The van der Waals surface area contributed by atoms with Crippen LogP contribution in [0.3, 0.4) is 0 Å². The van der Waals surface area contributed by atoms with E-state index in [4.69, 9.17) is 4.74 Å². The first-order valence-electron chi connectivity index (χ1n) is 11.3. The van der Waals surface area contributed by atoms with Crippen molar-refractivity contribution in [3.05, 3.63) is 95.3 Å². The number of nitrogens with one attached hydrogen (secondary N) is 1. The van der Waals surface area contributed by atoms with Crippen LogP contribution in [0.1, 0.15) is 35.7 Å². The molecule has 7 nitrogen and oxygen atoms in total. The number of allylic oxidation sites excluding steroid dienone is 1. The minimum atomic E-state index is -3.78.